The second-order valence-corrected chi connectivity index (χ2v) is 6.56. The Hall–Kier alpha value is -3.80. The van der Waals surface area contributed by atoms with E-state index >= 15 is 0 Å². The smallest absolute Gasteiger partial charge is 0.184 e. The SMILES string of the molecule is COc1ccc(-c2ccccc2)c(Nc2ccc(-c3nncn3C)cc2)c1OC. The minimum absolute atomic E-state index is 0.659. The largest absolute Gasteiger partial charge is 0.493 e. The van der Waals surface area contributed by atoms with E-state index < -0.39 is 0 Å². The number of rotatable bonds is 6. The molecule has 0 amide bonds. The van der Waals surface area contributed by atoms with Crippen LogP contribution in [0.4, 0.5) is 11.4 Å². The highest BCUT2D eigenvalue weighted by Crippen LogP contribution is 2.43. The van der Waals surface area contributed by atoms with Gasteiger partial charge in [-0.25, -0.2) is 0 Å². The van der Waals surface area contributed by atoms with Crippen LogP contribution in [-0.2, 0) is 7.05 Å². The summed E-state index contributed by atoms with van der Waals surface area (Å²) >= 11 is 0. The predicted octanol–water partition coefficient (Wildman–Crippen LogP) is 4.91. The Morgan fingerprint density at radius 3 is 2.21 bits per heavy atom. The normalized spacial score (nSPS) is 10.6. The van der Waals surface area contributed by atoms with Crippen molar-refractivity contribution in [3.8, 4) is 34.0 Å². The Labute approximate surface area is 169 Å². The lowest BCUT2D eigenvalue weighted by Gasteiger charge is -2.19. The van der Waals surface area contributed by atoms with Gasteiger partial charge in [-0.1, -0.05) is 30.3 Å². The quantitative estimate of drug-likeness (QED) is 0.510. The van der Waals surface area contributed by atoms with Crippen LogP contribution in [0.25, 0.3) is 22.5 Å². The maximum atomic E-state index is 5.69. The third-order valence-electron chi connectivity index (χ3n) is 4.75. The fraction of sp³-hybridized carbons (Fsp3) is 0.130. The van der Waals surface area contributed by atoms with E-state index in [-0.39, 0.29) is 0 Å². The van der Waals surface area contributed by atoms with Crippen molar-refractivity contribution in [3.05, 3.63) is 73.1 Å². The van der Waals surface area contributed by atoms with E-state index in [1.165, 1.54) is 0 Å². The fourth-order valence-electron chi connectivity index (χ4n) is 3.30. The first-order valence-corrected chi connectivity index (χ1v) is 9.23. The Balaban J connectivity index is 1.75. The highest BCUT2D eigenvalue weighted by Gasteiger charge is 2.16. The lowest BCUT2D eigenvalue weighted by atomic mass is 10.0. The summed E-state index contributed by atoms with van der Waals surface area (Å²) in [5.74, 6) is 2.15. The maximum absolute atomic E-state index is 5.69. The van der Waals surface area contributed by atoms with Crippen molar-refractivity contribution in [2.45, 2.75) is 0 Å². The summed E-state index contributed by atoms with van der Waals surface area (Å²) in [5, 5.41) is 11.6. The average molecular weight is 386 g/mol. The number of nitrogens with one attached hydrogen (secondary N) is 1. The molecule has 3 aromatic carbocycles. The molecule has 0 saturated carbocycles. The van der Waals surface area contributed by atoms with Gasteiger partial charge in [-0.3, -0.25) is 0 Å². The standard InChI is InChI=1S/C23H22N4O2/c1-27-15-24-26-23(27)17-9-11-18(12-10-17)25-21-19(16-7-5-4-6-8-16)13-14-20(28-2)22(21)29-3/h4-15,25H,1-3H3. The molecule has 0 radical (unpaired) electrons. The number of aryl methyl sites for hydroxylation is 1. The molecule has 0 aliphatic heterocycles. The van der Waals surface area contributed by atoms with Crippen LogP contribution in [-0.4, -0.2) is 29.0 Å². The molecule has 0 bridgehead atoms. The molecule has 6 heteroatoms. The Morgan fingerprint density at radius 1 is 0.828 bits per heavy atom. The van der Waals surface area contributed by atoms with Crippen LogP contribution in [0.5, 0.6) is 11.5 Å². The molecule has 4 rings (SSSR count). The minimum Gasteiger partial charge on any atom is -0.493 e. The second kappa shape index (κ2) is 8.06. The van der Waals surface area contributed by atoms with Gasteiger partial charge in [0.2, 0.25) is 0 Å². The van der Waals surface area contributed by atoms with Crippen LogP contribution in [0.15, 0.2) is 73.1 Å². The monoisotopic (exact) mass is 386 g/mol. The fourth-order valence-corrected chi connectivity index (χ4v) is 3.30. The second-order valence-electron chi connectivity index (χ2n) is 6.56. The van der Waals surface area contributed by atoms with Crippen molar-refractivity contribution in [2.24, 2.45) is 7.05 Å². The van der Waals surface area contributed by atoms with E-state index in [0.29, 0.717) is 11.5 Å². The van der Waals surface area contributed by atoms with Crippen molar-refractivity contribution >= 4 is 11.4 Å². The third-order valence-corrected chi connectivity index (χ3v) is 4.75. The summed E-state index contributed by atoms with van der Waals surface area (Å²) in [6, 6.07) is 22.2. The average Bonchev–Trinajstić information content (AvgIpc) is 3.20. The molecule has 6 nitrogen and oxygen atoms in total. The number of hydrogen-bond acceptors (Lipinski definition) is 5. The lowest BCUT2D eigenvalue weighted by molar-refractivity contribution is 0.356. The van der Waals surface area contributed by atoms with Gasteiger partial charge in [-0.15, -0.1) is 10.2 Å². The van der Waals surface area contributed by atoms with Gasteiger partial charge in [0.25, 0.3) is 0 Å². The number of nitrogens with zero attached hydrogens (tertiary/aromatic N) is 3. The topological polar surface area (TPSA) is 61.2 Å². The molecule has 29 heavy (non-hydrogen) atoms. The molecule has 1 aromatic heterocycles. The zero-order valence-corrected chi connectivity index (χ0v) is 16.6. The van der Waals surface area contributed by atoms with Crippen LogP contribution in [0.2, 0.25) is 0 Å². The molecule has 0 aliphatic rings. The van der Waals surface area contributed by atoms with Gasteiger partial charge in [0.05, 0.1) is 19.9 Å². The van der Waals surface area contributed by atoms with Crippen LogP contribution >= 0.6 is 0 Å². The van der Waals surface area contributed by atoms with Crippen LogP contribution < -0.4 is 14.8 Å². The Kier molecular flexibility index (Phi) is 5.16. The molecule has 4 aromatic rings. The van der Waals surface area contributed by atoms with E-state index in [1.807, 2.05) is 66.2 Å². The van der Waals surface area contributed by atoms with E-state index in [1.54, 1.807) is 20.5 Å². The summed E-state index contributed by atoms with van der Waals surface area (Å²) < 4.78 is 13.1. The van der Waals surface area contributed by atoms with Crippen LogP contribution in [0, 0.1) is 0 Å². The summed E-state index contributed by atoms with van der Waals surface area (Å²) in [7, 11) is 5.21. The van der Waals surface area contributed by atoms with E-state index in [2.05, 4.69) is 27.6 Å². The highest BCUT2D eigenvalue weighted by molar-refractivity contribution is 5.87. The van der Waals surface area contributed by atoms with Gasteiger partial charge < -0.3 is 19.4 Å². The van der Waals surface area contributed by atoms with Crippen molar-refractivity contribution in [3.63, 3.8) is 0 Å². The van der Waals surface area contributed by atoms with Crippen LogP contribution in [0.3, 0.4) is 0 Å². The van der Waals surface area contributed by atoms with E-state index in [4.69, 9.17) is 9.47 Å². The number of methoxy groups -OCH3 is 2. The number of anilines is 2. The first kappa shape index (κ1) is 18.6. The molecule has 0 spiro atoms. The molecule has 0 atom stereocenters. The molecule has 146 valence electrons. The number of ether oxygens (including phenoxy) is 2. The molecule has 0 aliphatic carbocycles. The van der Waals surface area contributed by atoms with Gasteiger partial charge in [0.1, 0.15) is 6.33 Å². The first-order chi connectivity index (χ1) is 14.2. The van der Waals surface area contributed by atoms with Gasteiger partial charge in [0.15, 0.2) is 17.3 Å². The lowest BCUT2D eigenvalue weighted by Crippen LogP contribution is -2.00. The Bertz CT molecular complexity index is 1110. The number of hydrogen-bond donors (Lipinski definition) is 1. The van der Waals surface area contributed by atoms with Crippen molar-refractivity contribution in [1.29, 1.82) is 0 Å². The van der Waals surface area contributed by atoms with Crippen molar-refractivity contribution < 1.29 is 9.47 Å². The molecular formula is C23H22N4O2. The molecule has 1 heterocycles. The van der Waals surface area contributed by atoms with Crippen molar-refractivity contribution in [1.82, 2.24) is 14.8 Å². The zero-order valence-electron chi connectivity index (χ0n) is 16.6. The number of aromatic nitrogens is 3. The summed E-state index contributed by atoms with van der Waals surface area (Å²) in [4.78, 5) is 0. The minimum atomic E-state index is 0.659. The summed E-state index contributed by atoms with van der Waals surface area (Å²) in [6.45, 7) is 0. The molecular weight excluding hydrogens is 364 g/mol. The molecule has 0 unspecified atom stereocenters. The molecule has 0 fully saturated rings. The van der Waals surface area contributed by atoms with Gasteiger partial charge >= 0.3 is 0 Å². The third kappa shape index (κ3) is 3.65. The summed E-state index contributed by atoms with van der Waals surface area (Å²) in [6.07, 6.45) is 1.69. The molecule has 0 saturated heterocycles. The Morgan fingerprint density at radius 2 is 1.59 bits per heavy atom. The summed E-state index contributed by atoms with van der Waals surface area (Å²) in [5.41, 5.74) is 4.90. The van der Waals surface area contributed by atoms with Gasteiger partial charge in [0, 0.05) is 23.9 Å². The number of benzene rings is 3. The van der Waals surface area contributed by atoms with Gasteiger partial charge in [-0.2, -0.15) is 0 Å². The predicted molar refractivity (Wildman–Crippen MR) is 115 cm³/mol. The van der Waals surface area contributed by atoms with Gasteiger partial charge in [-0.05, 0) is 42.0 Å². The van der Waals surface area contributed by atoms with Crippen LogP contribution in [0.1, 0.15) is 0 Å². The van der Waals surface area contributed by atoms with Crippen molar-refractivity contribution in [2.75, 3.05) is 19.5 Å². The zero-order chi connectivity index (χ0) is 20.2. The first-order valence-electron chi connectivity index (χ1n) is 9.23. The van der Waals surface area contributed by atoms with E-state index in [0.717, 1.165) is 33.9 Å². The highest BCUT2D eigenvalue weighted by atomic mass is 16.5. The maximum Gasteiger partial charge on any atom is 0.184 e. The molecule has 1 N–H and O–H groups in total. The van der Waals surface area contributed by atoms with E-state index in [9.17, 15) is 0 Å².